The molecule has 0 atom stereocenters. The SMILES string of the molecule is CC(C)(NC(=O)N1CCNCC1)c1ccc(F)cc1. The molecule has 1 aliphatic heterocycles. The molecule has 0 unspecified atom stereocenters. The van der Waals surface area contributed by atoms with Gasteiger partial charge in [0, 0.05) is 26.2 Å². The Hall–Kier alpha value is -1.62. The summed E-state index contributed by atoms with van der Waals surface area (Å²) in [5.41, 5.74) is 0.368. The number of urea groups is 1. The number of rotatable bonds is 2. The monoisotopic (exact) mass is 265 g/mol. The zero-order chi connectivity index (χ0) is 13.9. The first-order chi connectivity index (χ1) is 8.99. The van der Waals surface area contributed by atoms with Gasteiger partial charge in [-0.25, -0.2) is 9.18 Å². The second-order valence-corrected chi connectivity index (χ2v) is 5.30. The van der Waals surface area contributed by atoms with Crippen LogP contribution in [0.4, 0.5) is 9.18 Å². The Morgan fingerprint density at radius 3 is 2.42 bits per heavy atom. The topological polar surface area (TPSA) is 44.4 Å². The van der Waals surface area contributed by atoms with Gasteiger partial charge in [-0.05, 0) is 31.5 Å². The molecule has 0 radical (unpaired) electrons. The van der Waals surface area contributed by atoms with E-state index in [4.69, 9.17) is 0 Å². The largest absolute Gasteiger partial charge is 0.329 e. The molecule has 0 spiro atoms. The molecule has 0 saturated carbocycles. The summed E-state index contributed by atoms with van der Waals surface area (Å²) in [5, 5.41) is 6.21. The molecule has 1 aromatic rings. The van der Waals surface area contributed by atoms with Crippen LogP contribution in [0.25, 0.3) is 0 Å². The minimum atomic E-state index is -0.518. The Labute approximate surface area is 113 Å². The first kappa shape index (κ1) is 13.8. The molecule has 0 aromatic heterocycles. The van der Waals surface area contributed by atoms with E-state index < -0.39 is 5.54 Å². The van der Waals surface area contributed by atoms with Crippen LogP contribution in [0.2, 0.25) is 0 Å². The van der Waals surface area contributed by atoms with Crippen LogP contribution in [-0.4, -0.2) is 37.1 Å². The fraction of sp³-hybridized carbons (Fsp3) is 0.500. The summed E-state index contributed by atoms with van der Waals surface area (Å²) in [4.78, 5) is 14.0. The lowest BCUT2D eigenvalue weighted by atomic mass is 9.94. The van der Waals surface area contributed by atoms with Crippen LogP contribution in [0.1, 0.15) is 19.4 Å². The summed E-state index contributed by atoms with van der Waals surface area (Å²) in [6.07, 6.45) is 0. The molecular formula is C14H20FN3O. The molecule has 1 aromatic carbocycles. The van der Waals surface area contributed by atoms with Crippen LogP contribution in [-0.2, 0) is 5.54 Å². The van der Waals surface area contributed by atoms with E-state index in [9.17, 15) is 9.18 Å². The third-order valence-corrected chi connectivity index (χ3v) is 3.39. The second-order valence-electron chi connectivity index (χ2n) is 5.30. The second kappa shape index (κ2) is 5.57. The number of hydrogen-bond donors (Lipinski definition) is 2. The predicted octanol–water partition coefficient (Wildman–Crippen LogP) is 1.68. The number of nitrogens with one attached hydrogen (secondary N) is 2. The number of piperazine rings is 1. The van der Waals surface area contributed by atoms with E-state index in [0.717, 1.165) is 18.7 Å². The molecular weight excluding hydrogens is 245 g/mol. The zero-order valence-corrected chi connectivity index (χ0v) is 11.4. The van der Waals surface area contributed by atoms with Crippen molar-refractivity contribution in [1.82, 2.24) is 15.5 Å². The lowest BCUT2D eigenvalue weighted by molar-refractivity contribution is 0.179. The quantitative estimate of drug-likeness (QED) is 0.854. The molecule has 104 valence electrons. The van der Waals surface area contributed by atoms with Gasteiger partial charge in [0.25, 0.3) is 0 Å². The van der Waals surface area contributed by atoms with E-state index in [2.05, 4.69) is 10.6 Å². The summed E-state index contributed by atoms with van der Waals surface area (Å²) in [7, 11) is 0. The average Bonchev–Trinajstić information content (AvgIpc) is 2.40. The number of benzene rings is 1. The molecule has 19 heavy (non-hydrogen) atoms. The van der Waals surface area contributed by atoms with Crippen LogP contribution in [0, 0.1) is 5.82 Å². The predicted molar refractivity (Wildman–Crippen MR) is 72.4 cm³/mol. The van der Waals surface area contributed by atoms with E-state index in [1.807, 2.05) is 13.8 Å². The molecule has 0 aliphatic carbocycles. The van der Waals surface area contributed by atoms with Gasteiger partial charge in [-0.15, -0.1) is 0 Å². The maximum Gasteiger partial charge on any atom is 0.318 e. The Morgan fingerprint density at radius 2 is 1.84 bits per heavy atom. The molecule has 4 nitrogen and oxygen atoms in total. The van der Waals surface area contributed by atoms with Gasteiger partial charge in [0.15, 0.2) is 0 Å². The van der Waals surface area contributed by atoms with Crippen LogP contribution in [0.5, 0.6) is 0 Å². The van der Waals surface area contributed by atoms with Crippen molar-refractivity contribution >= 4 is 6.03 Å². The van der Waals surface area contributed by atoms with Crippen molar-refractivity contribution in [2.75, 3.05) is 26.2 Å². The third-order valence-electron chi connectivity index (χ3n) is 3.39. The molecule has 1 heterocycles. The molecule has 1 aliphatic rings. The van der Waals surface area contributed by atoms with Gasteiger partial charge in [0.2, 0.25) is 0 Å². The first-order valence-electron chi connectivity index (χ1n) is 6.53. The molecule has 1 fully saturated rings. The summed E-state index contributed by atoms with van der Waals surface area (Å²) < 4.78 is 12.9. The van der Waals surface area contributed by atoms with Gasteiger partial charge in [0.05, 0.1) is 5.54 Å². The molecule has 2 amide bonds. The van der Waals surface area contributed by atoms with Gasteiger partial charge in [-0.2, -0.15) is 0 Å². The number of hydrogen-bond acceptors (Lipinski definition) is 2. The van der Waals surface area contributed by atoms with Gasteiger partial charge >= 0.3 is 6.03 Å². The molecule has 0 bridgehead atoms. The Kier molecular flexibility index (Phi) is 4.04. The van der Waals surface area contributed by atoms with E-state index in [1.54, 1.807) is 17.0 Å². The first-order valence-corrected chi connectivity index (χ1v) is 6.53. The van der Waals surface area contributed by atoms with Crippen molar-refractivity contribution in [3.8, 4) is 0 Å². The van der Waals surface area contributed by atoms with Gasteiger partial charge in [-0.3, -0.25) is 0 Å². The molecule has 1 saturated heterocycles. The lowest BCUT2D eigenvalue weighted by Gasteiger charge is -2.33. The van der Waals surface area contributed by atoms with Gasteiger partial charge < -0.3 is 15.5 Å². The maximum absolute atomic E-state index is 12.9. The van der Waals surface area contributed by atoms with Crippen LogP contribution < -0.4 is 10.6 Å². The fourth-order valence-corrected chi connectivity index (χ4v) is 2.15. The number of halogens is 1. The number of carbonyl (C=O) groups is 1. The summed E-state index contributed by atoms with van der Waals surface area (Å²) in [5.74, 6) is -0.270. The van der Waals surface area contributed by atoms with Crippen molar-refractivity contribution in [2.24, 2.45) is 0 Å². The maximum atomic E-state index is 12.9. The highest BCUT2D eigenvalue weighted by atomic mass is 19.1. The van der Waals surface area contributed by atoms with Crippen molar-refractivity contribution in [3.63, 3.8) is 0 Å². The van der Waals surface area contributed by atoms with Gasteiger partial charge in [0.1, 0.15) is 5.82 Å². The Morgan fingerprint density at radius 1 is 1.26 bits per heavy atom. The highest BCUT2D eigenvalue weighted by Gasteiger charge is 2.26. The van der Waals surface area contributed by atoms with Crippen molar-refractivity contribution in [3.05, 3.63) is 35.6 Å². The average molecular weight is 265 g/mol. The normalized spacial score (nSPS) is 16.3. The minimum Gasteiger partial charge on any atom is -0.329 e. The highest BCUT2D eigenvalue weighted by Crippen LogP contribution is 2.20. The minimum absolute atomic E-state index is 0.0733. The van der Waals surface area contributed by atoms with Crippen LogP contribution >= 0.6 is 0 Å². The standard InChI is InChI=1S/C14H20FN3O/c1-14(2,11-3-5-12(15)6-4-11)17-13(19)18-9-7-16-8-10-18/h3-6,16H,7-10H2,1-2H3,(H,17,19). The Balaban J connectivity index is 2.03. The highest BCUT2D eigenvalue weighted by molar-refractivity contribution is 5.75. The molecule has 2 N–H and O–H groups in total. The van der Waals surface area contributed by atoms with E-state index in [-0.39, 0.29) is 11.8 Å². The van der Waals surface area contributed by atoms with Crippen LogP contribution in [0.15, 0.2) is 24.3 Å². The fourth-order valence-electron chi connectivity index (χ4n) is 2.15. The molecule has 2 rings (SSSR count). The molecule has 5 heteroatoms. The van der Waals surface area contributed by atoms with Crippen molar-refractivity contribution in [2.45, 2.75) is 19.4 Å². The number of nitrogens with zero attached hydrogens (tertiary/aromatic N) is 1. The summed E-state index contributed by atoms with van der Waals surface area (Å²) in [6, 6.07) is 6.15. The Bertz CT molecular complexity index is 439. The van der Waals surface area contributed by atoms with E-state index in [0.29, 0.717) is 13.1 Å². The summed E-state index contributed by atoms with van der Waals surface area (Å²) in [6.45, 7) is 6.91. The number of carbonyl (C=O) groups excluding carboxylic acids is 1. The van der Waals surface area contributed by atoms with Gasteiger partial charge in [-0.1, -0.05) is 12.1 Å². The smallest absolute Gasteiger partial charge is 0.318 e. The van der Waals surface area contributed by atoms with Crippen molar-refractivity contribution in [1.29, 1.82) is 0 Å². The lowest BCUT2D eigenvalue weighted by Crippen LogP contribution is -2.54. The zero-order valence-electron chi connectivity index (χ0n) is 11.4. The third kappa shape index (κ3) is 3.44. The van der Waals surface area contributed by atoms with Crippen LogP contribution in [0.3, 0.4) is 0 Å². The summed E-state index contributed by atoms with van der Waals surface area (Å²) >= 11 is 0. The number of amides is 2. The van der Waals surface area contributed by atoms with E-state index >= 15 is 0 Å². The van der Waals surface area contributed by atoms with Crippen molar-refractivity contribution < 1.29 is 9.18 Å². The van der Waals surface area contributed by atoms with E-state index in [1.165, 1.54) is 12.1 Å².